The Morgan fingerprint density at radius 3 is 3.00 bits per heavy atom. The molecule has 0 aliphatic heterocycles. The van der Waals surface area contributed by atoms with Crippen LogP contribution in [-0.4, -0.2) is 27.0 Å². The monoisotopic (exact) mass is 263 g/mol. The Bertz CT molecular complexity index is 406. The molecule has 4 heteroatoms. The van der Waals surface area contributed by atoms with E-state index in [0.29, 0.717) is 12.0 Å². The van der Waals surface area contributed by atoms with Crippen LogP contribution in [-0.2, 0) is 0 Å². The number of aromatic nitrogens is 2. The number of hydrogen-bond donors (Lipinski definition) is 1. The lowest BCUT2D eigenvalue weighted by atomic mass is 10.2. The van der Waals surface area contributed by atoms with Crippen LogP contribution in [0.3, 0.4) is 0 Å². The molecule has 2 fully saturated rings. The molecule has 2 aliphatic carbocycles. The third-order valence-corrected chi connectivity index (χ3v) is 5.11. The summed E-state index contributed by atoms with van der Waals surface area (Å²) < 4.78 is 0. The minimum absolute atomic E-state index is 0.594. The average Bonchev–Trinajstić information content (AvgIpc) is 3.15. The zero-order valence-electron chi connectivity index (χ0n) is 10.9. The van der Waals surface area contributed by atoms with Crippen molar-refractivity contribution in [1.29, 1.82) is 0 Å². The normalized spacial score (nSPS) is 27.4. The Balaban J connectivity index is 1.65. The Kier molecular flexibility index (Phi) is 3.73. The highest BCUT2D eigenvalue weighted by atomic mass is 32.2. The lowest BCUT2D eigenvalue weighted by molar-refractivity contribution is 0.758. The van der Waals surface area contributed by atoms with E-state index in [4.69, 9.17) is 0 Å². The van der Waals surface area contributed by atoms with Crippen LogP contribution < -0.4 is 5.32 Å². The Labute approximate surface area is 113 Å². The molecule has 3 rings (SSSR count). The van der Waals surface area contributed by atoms with Crippen LogP contribution in [0.4, 0.5) is 5.82 Å². The first kappa shape index (κ1) is 12.3. The summed E-state index contributed by atoms with van der Waals surface area (Å²) in [7, 11) is 0. The van der Waals surface area contributed by atoms with E-state index < -0.39 is 0 Å². The Hall–Kier alpha value is -0.770. The van der Waals surface area contributed by atoms with Crippen molar-refractivity contribution in [2.75, 3.05) is 11.1 Å². The highest BCUT2D eigenvalue weighted by Crippen LogP contribution is 2.38. The van der Waals surface area contributed by atoms with E-state index in [-0.39, 0.29) is 0 Å². The van der Waals surface area contributed by atoms with Gasteiger partial charge >= 0.3 is 0 Å². The predicted octanol–water partition coefficient (Wildman–Crippen LogP) is 3.44. The van der Waals surface area contributed by atoms with Gasteiger partial charge in [-0.2, -0.15) is 11.8 Å². The van der Waals surface area contributed by atoms with E-state index in [1.807, 2.05) is 12.3 Å². The van der Waals surface area contributed by atoms with Crippen molar-refractivity contribution in [2.24, 2.45) is 0 Å². The van der Waals surface area contributed by atoms with Gasteiger partial charge in [0.1, 0.15) is 11.6 Å². The molecule has 0 bridgehead atoms. The maximum atomic E-state index is 4.66. The van der Waals surface area contributed by atoms with Crippen LogP contribution in [0.5, 0.6) is 0 Å². The quantitative estimate of drug-likeness (QED) is 0.883. The molecule has 2 atom stereocenters. The first-order valence-corrected chi connectivity index (χ1v) is 8.12. The molecule has 3 nitrogen and oxygen atoms in total. The summed E-state index contributed by atoms with van der Waals surface area (Å²) in [5.41, 5.74) is 0. The van der Waals surface area contributed by atoms with Gasteiger partial charge in [-0.25, -0.2) is 9.97 Å². The van der Waals surface area contributed by atoms with E-state index in [1.165, 1.54) is 37.9 Å². The molecule has 0 radical (unpaired) electrons. The number of rotatable bonds is 5. The first-order chi connectivity index (χ1) is 8.86. The van der Waals surface area contributed by atoms with Crippen LogP contribution in [0, 0.1) is 0 Å². The van der Waals surface area contributed by atoms with Crippen LogP contribution in [0.2, 0.25) is 0 Å². The molecule has 1 aromatic heterocycles. The van der Waals surface area contributed by atoms with Gasteiger partial charge in [0, 0.05) is 23.4 Å². The van der Waals surface area contributed by atoms with Crippen molar-refractivity contribution in [3.8, 4) is 0 Å². The third-order valence-electron chi connectivity index (χ3n) is 3.78. The summed E-state index contributed by atoms with van der Waals surface area (Å²) in [6, 6.07) is 2.61. The Morgan fingerprint density at radius 1 is 1.33 bits per heavy atom. The predicted molar refractivity (Wildman–Crippen MR) is 77.2 cm³/mol. The molecule has 18 heavy (non-hydrogen) atoms. The smallest absolute Gasteiger partial charge is 0.133 e. The number of hydrogen-bond acceptors (Lipinski definition) is 4. The number of anilines is 1. The lowest BCUT2D eigenvalue weighted by Gasteiger charge is -2.20. The Morgan fingerprint density at radius 2 is 2.22 bits per heavy atom. The second kappa shape index (κ2) is 5.47. The van der Waals surface area contributed by atoms with Crippen molar-refractivity contribution in [2.45, 2.75) is 56.2 Å². The molecule has 1 N–H and O–H groups in total. The van der Waals surface area contributed by atoms with Gasteiger partial charge in [0.05, 0.1) is 0 Å². The lowest BCUT2D eigenvalue weighted by Crippen LogP contribution is -2.26. The maximum Gasteiger partial charge on any atom is 0.133 e. The molecule has 2 saturated carbocycles. The van der Waals surface area contributed by atoms with Crippen LogP contribution in [0.15, 0.2) is 12.3 Å². The summed E-state index contributed by atoms with van der Waals surface area (Å²) in [5.74, 6) is 3.91. The van der Waals surface area contributed by atoms with Gasteiger partial charge in [-0.05, 0) is 37.5 Å². The number of thioether (sulfide) groups is 1. The van der Waals surface area contributed by atoms with Crippen LogP contribution in [0.25, 0.3) is 0 Å². The minimum Gasteiger partial charge on any atom is -0.366 e. The SMILES string of the molecule is CCSC1CCCC1Nc1ccnc(C2CC2)n1. The van der Waals surface area contributed by atoms with Crippen LogP contribution in [0.1, 0.15) is 50.8 Å². The van der Waals surface area contributed by atoms with Crippen molar-refractivity contribution < 1.29 is 0 Å². The molecule has 98 valence electrons. The largest absolute Gasteiger partial charge is 0.366 e. The van der Waals surface area contributed by atoms with Gasteiger partial charge in [-0.1, -0.05) is 13.3 Å². The van der Waals surface area contributed by atoms with E-state index in [1.54, 1.807) is 0 Å². The summed E-state index contributed by atoms with van der Waals surface area (Å²) in [6.07, 6.45) is 8.40. The highest BCUT2D eigenvalue weighted by molar-refractivity contribution is 7.99. The summed E-state index contributed by atoms with van der Waals surface area (Å²) in [6.45, 7) is 2.25. The van der Waals surface area contributed by atoms with Gasteiger partial charge in [0.2, 0.25) is 0 Å². The zero-order chi connectivity index (χ0) is 12.4. The number of nitrogens with one attached hydrogen (secondary N) is 1. The fraction of sp³-hybridized carbons (Fsp3) is 0.714. The molecule has 2 aliphatic rings. The van der Waals surface area contributed by atoms with Crippen molar-refractivity contribution in [3.63, 3.8) is 0 Å². The summed E-state index contributed by atoms with van der Waals surface area (Å²) in [5, 5.41) is 4.39. The van der Waals surface area contributed by atoms with E-state index in [0.717, 1.165) is 16.9 Å². The topological polar surface area (TPSA) is 37.8 Å². The van der Waals surface area contributed by atoms with Gasteiger partial charge in [-0.3, -0.25) is 0 Å². The summed E-state index contributed by atoms with van der Waals surface area (Å²) in [4.78, 5) is 9.04. The molecule has 2 unspecified atom stereocenters. The molecule has 0 aromatic carbocycles. The standard InChI is InChI=1S/C14H21N3S/c1-2-18-12-5-3-4-11(12)16-13-8-9-15-14(17-13)10-6-7-10/h8-12H,2-7H2,1H3,(H,15,16,17). The average molecular weight is 263 g/mol. The van der Waals surface area contributed by atoms with Crippen molar-refractivity contribution >= 4 is 17.6 Å². The minimum atomic E-state index is 0.594. The first-order valence-electron chi connectivity index (χ1n) is 7.08. The van der Waals surface area contributed by atoms with Gasteiger partial charge in [0.15, 0.2) is 0 Å². The highest BCUT2D eigenvalue weighted by Gasteiger charge is 2.29. The summed E-state index contributed by atoms with van der Waals surface area (Å²) >= 11 is 2.08. The molecule has 0 saturated heterocycles. The fourth-order valence-electron chi connectivity index (χ4n) is 2.69. The van der Waals surface area contributed by atoms with E-state index in [9.17, 15) is 0 Å². The van der Waals surface area contributed by atoms with Crippen molar-refractivity contribution in [3.05, 3.63) is 18.1 Å². The maximum absolute atomic E-state index is 4.66. The molecular formula is C14H21N3S. The van der Waals surface area contributed by atoms with E-state index >= 15 is 0 Å². The van der Waals surface area contributed by atoms with E-state index in [2.05, 4.69) is 34.0 Å². The van der Waals surface area contributed by atoms with Gasteiger partial charge in [0.25, 0.3) is 0 Å². The molecule has 1 aromatic rings. The van der Waals surface area contributed by atoms with Gasteiger partial charge in [-0.15, -0.1) is 0 Å². The molecular weight excluding hydrogens is 242 g/mol. The van der Waals surface area contributed by atoms with Crippen molar-refractivity contribution in [1.82, 2.24) is 9.97 Å². The molecule has 1 heterocycles. The zero-order valence-corrected chi connectivity index (χ0v) is 11.7. The molecule has 0 amide bonds. The van der Waals surface area contributed by atoms with Gasteiger partial charge < -0.3 is 5.32 Å². The molecule has 0 spiro atoms. The number of nitrogens with zero attached hydrogens (tertiary/aromatic N) is 2. The third kappa shape index (κ3) is 2.79. The second-order valence-corrected chi connectivity index (χ2v) is 6.77. The fourth-order valence-corrected chi connectivity index (χ4v) is 3.88. The van der Waals surface area contributed by atoms with Crippen LogP contribution >= 0.6 is 11.8 Å². The second-order valence-electron chi connectivity index (χ2n) is 5.25.